The molecule has 2 aromatic rings. The zero-order valence-electron chi connectivity index (χ0n) is 11.2. The van der Waals surface area contributed by atoms with E-state index in [1.807, 2.05) is 6.92 Å². The van der Waals surface area contributed by atoms with E-state index in [1.165, 1.54) is 0 Å². The Morgan fingerprint density at radius 3 is 2.90 bits per heavy atom. The van der Waals surface area contributed by atoms with Gasteiger partial charge in [0.15, 0.2) is 5.82 Å². The van der Waals surface area contributed by atoms with Gasteiger partial charge < -0.3 is 9.84 Å². The maximum Gasteiger partial charge on any atom is 0.328 e. The second-order valence-electron chi connectivity index (χ2n) is 4.22. The van der Waals surface area contributed by atoms with Crippen LogP contribution < -0.4 is 10.6 Å². The molecule has 2 N–H and O–H groups in total. The van der Waals surface area contributed by atoms with Gasteiger partial charge in [-0.3, -0.25) is 10.1 Å². The molecular formula is C13H15ClN4O2. The van der Waals surface area contributed by atoms with E-state index < -0.39 is 0 Å². The average Bonchev–Trinajstić information content (AvgIpc) is 2.82. The fourth-order valence-electron chi connectivity index (χ4n) is 1.63. The van der Waals surface area contributed by atoms with Gasteiger partial charge in [-0.25, -0.2) is 0 Å². The average molecular weight is 295 g/mol. The van der Waals surface area contributed by atoms with Crippen LogP contribution in [0.25, 0.3) is 0 Å². The van der Waals surface area contributed by atoms with E-state index in [-0.39, 0.29) is 11.9 Å². The van der Waals surface area contributed by atoms with Crippen LogP contribution in [0, 0.1) is 6.92 Å². The van der Waals surface area contributed by atoms with E-state index in [0.29, 0.717) is 22.1 Å². The summed E-state index contributed by atoms with van der Waals surface area (Å²) in [5.74, 6) is 0.102. The topological polar surface area (TPSA) is 80.0 Å². The smallest absolute Gasteiger partial charge is 0.328 e. The van der Waals surface area contributed by atoms with Gasteiger partial charge in [-0.15, -0.1) is 0 Å². The van der Waals surface area contributed by atoms with Gasteiger partial charge in [0.25, 0.3) is 5.91 Å². The first kappa shape index (κ1) is 14.3. The lowest BCUT2D eigenvalue weighted by molar-refractivity contribution is 0.102. The van der Waals surface area contributed by atoms with E-state index in [0.717, 1.165) is 13.0 Å². The Morgan fingerprint density at radius 2 is 2.25 bits per heavy atom. The summed E-state index contributed by atoms with van der Waals surface area (Å²) in [5.41, 5.74) is 1.15. The van der Waals surface area contributed by atoms with Crippen molar-refractivity contribution in [3.8, 4) is 0 Å². The summed E-state index contributed by atoms with van der Waals surface area (Å²) in [5, 5.41) is 9.82. The molecule has 1 heterocycles. The molecule has 2 rings (SSSR count). The lowest BCUT2D eigenvalue weighted by Gasteiger charge is -2.10. The SMILES string of the molecule is CCCNc1ccc(Cl)cc1C(=O)Nc1nc(C)no1. The van der Waals surface area contributed by atoms with E-state index in [9.17, 15) is 4.79 Å². The molecule has 0 unspecified atom stereocenters. The van der Waals surface area contributed by atoms with Gasteiger partial charge in [0.2, 0.25) is 0 Å². The van der Waals surface area contributed by atoms with E-state index in [2.05, 4.69) is 20.8 Å². The minimum Gasteiger partial charge on any atom is -0.384 e. The molecule has 0 saturated carbocycles. The predicted octanol–water partition coefficient (Wildman–Crippen LogP) is 3.11. The molecule has 1 amide bonds. The molecular weight excluding hydrogens is 280 g/mol. The van der Waals surface area contributed by atoms with Gasteiger partial charge in [-0.2, -0.15) is 4.98 Å². The lowest BCUT2D eigenvalue weighted by Crippen LogP contribution is -2.15. The molecule has 0 saturated heterocycles. The normalized spacial score (nSPS) is 10.3. The van der Waals surface area contributed by atoms with E-state index in [1.54, 1.807) is 25.1 Å². The standard InChI is InChI=1S/C13H15ClN4O2/c1-3-6-15-11-5-4-9(14)7-10(11)12(19)17-13-16-8(2)18-20-13/h4-5,7,15H,3,6H2,1-2H3,(H,16,17,18,19). The third-order valence-electron chi connectivity index (χ3n) is 2.54. The van der Waals surface area contributed by atoms with Crippen LogP contribution in [0.4, 0.5) is 11.7 Å². The highest BCUT2D eigenvalue weighted by molar-refractivity contribution is 6.31. The number of halogens is 1. The summed E-state index contributed by atoms with van der Waals surface area (Å²) < 4.78 is 4.86. The number of carbonyl (C=O) groups is 1. The summed E-state index contributed by atoms with van der Waals surface area (Å²) >= 11 is 5.94. The number of amides is 1. The Kier molecular flexibility index (Phi) is 4.57. The van der Waals surface area contributed by atoms with Crippen LogP contribution in [0.5, 0.6) is 0 Å². The predicted molar refractivity (Wildman–Crippen MR) is 77.2 cm³/mol. The molecule has 0 aliphatic rings. The molecule has 7 heteroatoms. The molecule has 6 nitrogen and oxygen atoms in total. The highest BCUT2D eigenvalue weighted by Crippen LogP contribution is 2.22. The molecule has 0 fully saturated rings. The van der Waals surface area contributed by atoms with Crippen molar-refractivity contribution in [2.45, 2.75) is 20.3 Å². The number of benzene rings is 1. The van der Waals surface area contributed by atoms with Crippen molar-refractivity contribution < 1.29 is 9.32 Å². The number of aryl methyl sites for hydroxylation is 1. The van der Waals surface area contributed by atoms with Crippen molar-refractivity contribution in [2.24, 2.45) is 0 Å². The number of carbonyl (C=O) groups excluding carboxylic acids is 1. The van der Waals surface area contributed by atoms with Crippen LogP contribution >= 0.6 is 11.6 Å². The number of nitrogens with one attached hydrogen (secondary N) is 2. The van der Waals surface area contributed by atoms with Crippen LogP contribution in [-0.4, -0.2) is 22.6 Å². The first-order valence-corrected chi connectivity index (χ1v) is 6.63. The maximum absolute atomic E-state index is 12.2. The highest BCUT2D eigenvalue weighted by Gasteiger charge is 2.15. The first-order chi connectivity index (χ1) is 9.60. The molecule has 1 aromatic carbocycles. The number of hydrogen-bond donors (Lipinski definition) is 2. The first-order valence-electron chi connectivity index (χ1n) is 6.25. The Bertz CT molecular complexity index is 612. The minimum atomic E-state index is -0.352. The summed E-state index contributed by atoms with van der Waals surface area (Å²) in [6, 6.07) is 5.16. The van der Waals surface area contributed by atoms with Crippen molar-refractivity contribution >= 4 is 29.2 Å². The fourth-order valence-corrected chi connectivity index (χ4v) is 1.80. The van der Waals surface area contributed by atoms with Gasteiger partial charge in [-0.05, 0) is 31.5 Å². The van der Waals surface area contributed by atoms with Crippen molar-refractivity contribution in [3.63, 3.8) is 0 Å². The van der Waals surface area contributed by atoms with Crippen molar-refractivity contribution in [2.75, 3.05) is 17.2 Å². The largest absolute Gasteiger partial charge is 0.384 e. The Balaban J connectivity index is 2.21. The number of hydrogen-bond acceptors (Lipinski definition) is 5. The molecule has 1 aromatic heterocycles. The Morgan fingerprint density at radius 1 is 1.45 bits per heavy atom. The van der Waals surface area contributed by atoms with Crippen LogP contribution in [-0.2, 0) is 0 Å². The third kappa shape index (κ3) is 3.48. The quantitative estimate of drug-likeness (QED) is 0.885. The molecule has 20 heavy (non-hydrogen) atoms. The molecule has 106 valence electrons. The monoisotopic (exact) mass is 294 g/mol. The Hall–Kier alpha value is -2.08. The second-order valence-corrected chi connectivity index (χ2v) is 4.65. The number of nitrogens with zero attached hydrogens (tertiary/aromatic N) is 2. The van der Waals surface area contributed by atoms with E-state index >= 15 is 0 Å². The van der Waals surface area contributed by atoms with Gasteiger partial charge in [0.05, 0.1) is 5.56 Å². The van der Waals surface area contributed by atoms with Crippen LogP contribution in [0.2, 0.25) is 5.02 Å². The zero-order valence-corrected chi connectivity index (χ0v) is 12.0. The zero-order chi connectivity index (χ0) is 14.5. The van der Waals surface area contributed by atoms with Crippen LogP contribution in [0.1, 0.15) is 29.5 Å². The van der Waals surface area contributed by atoms with E-state index in [4.69, 9.17) is 16.1 Å². The number of anilines is 2. The summed E-state index contributed by atoms with van der Waals surface area (Å²) in [4.78, 5) is 16.1. The van der Waals surface area contributed by atoms with Crippen molar-refractivity contribution in [1.82, 2.24) is 10.1 Å². The van der Waals surface area contributed by atoms with Crippen LogP contribution in [0.15, 0.2) is 22.7 Å². The minimum absolute atomic E-state index is 0.0638. The molecule has 0 bridgehead atoms. The number of rotatable bonds is 5. The highest BCUT2D eigenvalue weighted by atomic mass is 35.5. The Labute approximate surface area is 121 Å². The van der Waals surface area contributed by atoms with Crippen molar-refractivity contribution in [3.05, 3.63) is 34.6 Å². The number of aromatic nitrogens is 2. The van der Waals surface area contributed by atoms with Gasteiger partial charge >= 0.3 is 6.01 Å². The van der Waals surface area contributed by atoms with Gasteiger partial charge in [-0.1, -0.05) is 23.7 Å². The van der Waals surface area contributed by atoms with Crippen LogP contribution in [0.3, 0.4) is 0 Å². The van der Waals surface area contributed by atoms with Gasteiger partial charge in [0, 0.05) is 17.3 Å². The molecule has 0 aliphatic carbocycles. The molecule has 0 spiro atoms. The summed E-state index contributed by atoms with van der Waals surface area (Å²) in [7, 11) is 0. The fraction of sp³-hybridized carbons (Fsp3) is 0.308. The lowest BCUT2D eigenvalue weighted by atomic mass is 10.1. The van der Waals surface area contributed by atoms with Gasteiger partial charge in [0.1, 0.15) is 0 Å². The molecule has 0 aliphatic heterocycles. The third-order valence-corrected chi connectivity index (χ3v) is 2.77. The summed E-state index contributed by atoms with van der Waals surface area (Å²) in [6.45, 7) is 4.48. The molecule has 0 atom stereocenters. The van der Waals surface area contributed by atoms with Crippen molar-refractivity contribution in [1.29, 1.82) is 0 Å². The molecule has 0 radical (unpaired) electrons. The maximum atomic E-state index is 12.2. The summed E-state index contributed by atoms with van der Waals surface area (Å²) in [6.07, 6.45) is 0.951. The second kappa shape index (κ2) is 6.38.